The summed E-state index contributed by atoms with van der Waals surface area (Å²) in [6, 6.07) is 3.93. The molecule has 1 saturated heterocycles. The Bertz CT molecular complexity index is 716. The molecule has 0 bridgehead atoms. The third-order valence-corrected chi connectivity index (χ3v) is 4.11. The van der Waals surface area contributed by atoms with Crippen LogP contribution in [0.15, 0.2) is 16.7 Å². The van der Waals surface area contributed by atoms with Crippen molar-refractivity contribution in [2.75, 3.05) is 13.1 Å². The molecule has 0 saturated carbocycles. The summed E-state index contributed by atoms with van der Waals surface area (Å²) in [6.45, 7) is 6.93. The Labute approximate surface area is 143 Å². The third-order valence-electron chi connectivity index (χ3n) is 3.67. The minimum Gasteiger partial charge on any atom is -0.444 e. The van der Waals surface area contributed by atoms with Gasteiger partial charge in [-0.3, -0.25) is 0 Å². The molecule has 23 heavy (non-hydrogen) atoms. The monoisotopic (exact) mass is 381 g/mol. The Kier molecular flexibility index (Phi) is 4.27. The molecule has 2 aromatic heterocycles. The van der Waals surface area contributed by atoms with Crippen LogP contribution < -0.4 is 0 Å². The van der Waals surface area contributed by atoms with Gasteiger partial charge in [0.05, 0.1) is 6.04 Å². The first kappa shape index (κ1) is 16.2. The maximum atomic E-state index is 12.1. The number of fused-ring (bicyclic) bond motifs is 1. The minimum atomic E-state index is -0.464. The zero-order valence-electron chi connectivity index (χ0n) is 13.5. The van der Waals surface area contributed by atoms with Gasteiger partial charge in [0.1, 0.15) is 15.7 Å². The summed E-state index contributed by atoms with van der Waals surface area (Å²) in [5.41, 5.74) is 0.950. The molecule has 0 aliphatic carbocycles. The molecule has 1 aliphatic rings. The topological polar surface area (TPSA) is 73.1 Å². The highest BCUT2D eigenvalue weighted by Crippen LogP contribution is 2.24. The maximum Gasteiger partial charge on any atom is 0.410 e. The van der Waals surface area contributed by atoms with Gasteiger partial charge < -0.3 is 9.64 Å². The number of hydrogen-bond donors (Lipinski definition) is 0. The first-order valence-electron chi connectivity index (χ1n) is 7.69. The average Bonchev–Trinajstić information content (AvgIpc) is 2.88. The van der Waals surface area contributed by atoms with Crippen LogP contribution in [0.25, 0.3) is 11.2 Å². The van der Waals surface area contributed by atoms with Crippen molar-refractivity contribution in [2.24, 2.45) is 0 Å². The van der Waals surface area contributed by atoms with Crippen LogP contribution in [0.3, 0.4) is 0 Å². The molecular weight excluding hydrogens is 362 g/mol. The number of carbonyl (C=O) groups is 1. The summed E-state index contributed by atoms with van der Waals surface area (Å²) in [5.74, 6) is 0. The van der Waals surface area contributed by atoms with E-state index in [4.69, 9.17) is 4.74 Å². The molecule has 0 radical (unpaired) electrons. The zero-order valence-corrected chi connectivity index (χ0v) is 15.1. The van der Waals surface area contributed by atoms with Gasteiger partial charge in [0.25, 0.3) is 0 Å². The lowest BCUT2D eigenvalue weighted by molar-refractivity contribution is 0.0180. The standard InChI is InChI=1S/C15H20BrN5O2/c1-15(2,3)23-14(22)20-8-6-10(7-9-20)21-18-11-4-5-12(16)17-13(11)19-21/h4-5,10H,6-9H2,1-3H3. The van der Waals surface area contributed by atoms with E-state index in [0.717, 1.165) is 23.0 Å². The van der Waals surface area contributed by atoms with E-state index < -0.39 is 5.60 Å². The number of pyridine rings is 1. The number of aromatic nitrogens is 4. The predicted molar refractivity (Wildman–Crippen MR) is 89.1 cm³/mol. The lowest BCUT2D eigenvalue weighted by Crippen LogP contribution is -2.42. The van der Waals surface area contributed by atoms with E-state index in [1.807, 2.05) is 32.9 Å². The van der Waals surface area contributed by atoms with E-state index in [1.54, 1.807) is 9.70 Å². The lowest BCUT2D eigenvalue weighted by Gasteiger charge is -2.32. The SMILES string of the molecule is CC(C)(C)OC(=O)N1CCC(n2nc3ccc(Br)nc3n2)CC1. The number of amides is 1. The van der Waals surface area contributed by atoms with Crippen LogP contribution in [0, 0.1) is 0 Å². The van der Waals surface area contributed by atoms with E-state index in [-0.39, 0.29) is 12.1 Å². The molecule has 8 heteroatoms. The summed E-state index contributed by atoms with van der Waals surface area (Å²) in [6.07, 6.45) is 1.36. The Balaban J connectivity index is 1.65. The van der Waals surface area contributed by atoms with Crippen molar-refractivity contribution < 1.29 is 9.53 Å². The molecule has 1 aliphatic heterocycles. The number of halogens is 1. The largest absolute Gasteiger partial charge is 0.444 e. The van der Waals surface area contributed by atoms with Crippen molar-refractivity contribution in [1.29, 1.82) is 0 Å². The highest BCUT2D eigenvalue weighted by molar-refractivity contribution is 9.10. The lowest BCUT2D eigenvalue weighted by atomic mass is 10.1. The van der Waals surface area contributed by atoms with Crippen molar-refractivity contribution in [3.63, 3.8) is 0 Å². The third kappa shape index (κ3) is 3.80. The van der Waals surface area contributed by atoms with Crippen molar-refractivity contribution in [3.05, 3.63) is 16.7 Å². The Morgan fingerprint density at radius 2 is 1.96 bits per heavy atom. The number of likely N-dealkylation sites (tertiary alicyclic amines) is 1. The molecule has 3 rings (SSSR count). The van der Waals surface area contributed by atoms with Crippen molar-refractivity contribution >= 4 is 33.2 Å². The van der Waals surface area contributed by atoms with E-state index >= 15 is 0 Å². The second-order valence-electron chi connectivity index (χ2n) is 6.70. The van der Waals surface area contributed by atoms with E-state index in [2.05, 4.69) is 31.1 Å². The van der Waals surface area contributed by atoms with Gasteiger partial charge in [-0.15, -0.1) is 5.10 Å². The molecule has 2 aromatic rings. The first-order valence-corrected chi connectivity index (χ1v) is 8.48. The van der Waals surface area contributed by atoms with Gasteiger partial charge in [-0.2, -0.15) is 9.90 Å². The van der Waals surface area contributed by atoms with E-state index in [1.165, 1.54) is 0 Å². The molecule has 124 valence electrons. The van der Waals surface area contributed by atoms with Crippen LogP contribution in [0.5, 0.6) is 0 Å². The summed E-state index contributed by atoms with van der Waals surface area (Å²) in [5, 5.41) is 8.95. The molecule has 0 aromatic carbocycles. The molecular formula is C15H20BrN5O2. The molecule has 0 unspecified atom stereocenters. The zero-order chi connectivity index (χ0) is 16.6. The first-order chi connectivity index (χ1) is 10.8. The van der Waals surface area contributed by atoms with Crippen LogP contribution in [0.4, 0.5) is 4.79 Å². The van der Waals surface area contributed by atoms with Gasteiger partial charge in [0, 0.05) is 13.1 Å². The van der Waals surface area contributed by atoms with E-state index in [9.17, 15) is 4.79 Å². The van der Waals surface area contributed by atoms with Crippen molar-refractivity contribution in [1.82, 2.24) is 24.9 Å². The quantitative estimate of drug-likeness (QED) is 0.709. The van der Waals surface area contributed by atoms with Crippen LogP contribution in [-0.4, -0.2) is 49.7 Å². The predicted octanol–water partition coefficient (Wildman–Crippen LogP) is 3.16. The van der Waals surface area contributed by atoms with Crippen molar-refractivity contribution in [2.45, 2.75) is 45.3 Å². The Hall–Kier alpha value is -1.70. The second-order valence-corrected chi connectivity index (χ2v) is 7.51. The fourth-order valence-electron chi connectivity index (χ4n) is 2.57. The number of carbonyl (C=O) groups excluding carboxylic acids is 1. The number of nitrogens with zero attached hydrogens (tertiary/aromatic N) is 5. The summed E-state index contributed by atoms with van der Waals surface area (Å²) in [7, 11) is 0. The summed E-state index contributed by atoms with van der Waals surface area (Å²) < 4.78 is 6.16. The number of piperidine rings is 1. The molecule has 1 fully saturated rings. The normalized spacial score (nSPS) is 16.8. The van der Waals surface area contributed by atoms with Gasteiger partial charge in [-0.1, -0.05) is 0 Å². The number of hydrogen-bond acceptors (Lipinski definition) is 5. The fraction of sp³-hybridized carbons (Fsp3) is 0.600. The fourth-order valence-corrected chi connectivity index (χ4v) is 2.87. The number of ether oxygens (including phenoxy) is 1. The minimum absolute atomic E-state index is 0.182. The molecule has 0 spiro atoms. The highest BCUT2D eigenvalue weighted by atomic mass is 79.9. The van der Waals surface area contributed by atoms with E-state index in [0.29, 0.717) is 18.7 Å². The Morgan fingerprint density at radius 1 is 1.26 bits per heavy atom. The smallest absolute Gasteiger partial charge is 0.410 e. The van der Waals surface area contributed by atoms with Crippen molar-refractivity contribution in [3.8, 4) is 0 Å². The molecule has 7 nitrogen and oxygen atoms in total. The summed E-state index contributed by atoms with van der Waals surface area (Å²) >= 11 is 3.34. The summed E-state index contributed by atoms with van der Waals surface area (Å²) in [4.78, 5) is 19.9. The maximum absolute atomic E-state index is 12.1. The average molecular weight is 382 g/mol. The second kappa shape index (κ2) is 6.07. The molecule has 0 atom stereocenters. The Morgan fingerprint density at radius 3 is 2.61 bits per heavy atom. The van der Waals surface area contributed by atoms with Gasteiger partial charge in [0.15, 0.2) is 0 Å². The van der Waals surface area contributed by atoms with Crippen LogP contribution in [-0.2, 0) is 4.74 Å². The van der Waals surface area contributed by atoms with Gasteiger partial charge in [-0.05, 0) is 61.7 Å². The van der Waals surface area contributed by atoms with Gasteiger partial charge in [-0.25, -0.2) is 9.78 Å². The van der Waals surface area contributed by atoms with Crippen LogP contribution in [0.2, 0.25) is 0 Å². The molecule has 0 N–H and O–H groups in total. The van der Waals surface area contributed by atoms with Gasteiger partial charge >= 0.3 is 6.09 Å². The molecule has 1 amide bonds. The highest BCUT2D eigenvalue weighted by Gasteiger charge is 2.28. The van der Waals surface area contributed by atoms with Crippen LogP contribution in [0.1, 0.15) is 39.7 Å². The molecule has 3 heterocycles. The van der Waals surface area contributed by atoms with Gasteiger partial charge in [0.2, 0.25) is 5.65 Å². The number of rotatable bonds is 1. The van der Waals surface area contributed by atoms with Crippen LogP contribution >= 0.6 is 15.9 Å².